The van der Waals surface area contributed by atoms with Crippen molar-refractivity contribution in [3.63, 3.8) is 0 Å². The molecule has 0 unspecified atom stereocenters. The summed E-state index contributed by atoms with van der Waals surface area (Å²) in [6, 6.07) is 0. The number of carbonyl (C=O) groups is 1. The third-order valence-corrected chi connectivity index (χ3v) is 7.91. The number of ketones is 1. The highest BCUT2D eigenvalue weighted by molar-refractivity contribution is 5.91. The summed E-state index contributed by atoms with van der Waals surface area (Å²) in [5.41, 5.74) is 0.841. The lowest BCUT2D eigenvalue weighted by Gasteiger charge is -2.58. The molecule has 4 rings (SSSR count). The molecule has 22 heavy (non-hydrogen) atoms. The zero-order valence-electron chi connectivity index (χ0n) is 13.7. The lowest BCUT2D eigenvalue weighted by Crippen LogP contribution is -2.54. The van der Waals surface area contributed by atoms with Crippen LogP contribution in [-0.4, -0.2) is 23.1 Å². The monoisotopic (exact) mass is 303 g/mol. The maximum Gasteiger partial charge on any atom is 0.155 e. The Kier molecular flexibility index (Phi) is 3.16. The molecule has 0 spiro atoms. The van der Waals surface area contributed by atoms with Crippen LogP contribution in [0.4, 0.5) is 0 Å². The normalized spacial score (nSPS) is 54.3. The van der Waals surface area contributed by atoms with E-state index in [1.165, 1.54) is 0 Å². The van der Waals surface area contributed by atoms with Crippen molar-refractivity contribution in [2.75, 3.05) is 0 Å². The van der Waals surface area contributed by atoms with E-state index in [1.807, 2.05) is 0 Å². The minimum atomic E-state index is -0.712. The van der Waals surface area contributed by atoms with Gasteiger partial charge in [0, 0.05) is 6.42 Å². The van der Waals surface area contributed by atoms with Crippen LogP contribution in [0.15, 0.2) is 11.6 Å². The molecule has 1 radical (unpaired) electrons. The molecule has 0 bridgehead atoms. The number of fused-ring (bicyclic) bond motifs is 5. The van der Waals surface area contributed by atoms with Crippen molar-refractivity contribution in [3.05, 3.63) is 11.6 Å². The van der Waals surface area contributed by atoms with Crippen LogP contribution in [0.3, 0.4) is 0 Å². The van der Waals surface area contributed by atoms with Gasteiger partial charge in [-0.05, 0) is 78.8 Å². The lowest BCUT2D eigenvalue weighted by atomic mass is 9.47. The van der Waals surface area contributed by atoms with Gasteiger partial charge in [0.25, 0.3) is 0 Å². The zero-order valence-corrected chi connectivity index (χ0v) is 13.7. The van der Waals surface area contributed by atoms with Crippen molar-refractivity contribution in [3.8, 4) is 0 Å². The Hall–Kier alpha value is -0.670. The van der Waals surface area contributed by atoms with Gasteiger partial charge in [-0.1, -0.05) is 13.8 Å². The molecule has 0 amide bonds. The standard InChI is InChI=1S/C19H27O3/c1-18-7-5-11(20)9-15(18)16(21)10-12-13-3-4-17(22)19(13,2)8-6-14(12)18/h9,12-14,16-17,22H,3-8,10H2,1-2H3/t12-,13-,14-,16+,17-,18+,19-/m0/s1. The van der Waals surface area contributed by atoms with Crippen LogP contribution in [0.1, 0.15) is 58.8 Å². The van der Waals surface area contributed by atoms with E-state index in [0.717, 1.165) is 37.7 Å². The molecule has 1 N–H and O–H groups in total. The van der Waals surface area contributed by atoms with E-state index in [2.05, 4.69) is 13.8 Å². The Morgan fingerprint density at radius 1 is 1.14 bits per heavy atom. The fraction of sp³-hybridized carbons (Fsp3) is 0.842. The van der Waals surface area contributed by atoms with Gasteiger partial charge in [-0.25, -0.2) is 5.11 Å². The zero-order chi connectivity index (χ0) is 15.7. The predicted molar refractivity (Wildman–Crippen MR) is 82.6 cm³/mol. The van der Waals surface area contributed by atoms with Crippen molar-refractivity contribution < 1.29 is 15.0 Å². The Bertz CT molecular complexity index is 539. The number of hydrogen-bond acceptors (Lipinski definition) is 2. The molecule has 121 valence electrons. The van der Waals surface area contributed by atoms with Gasteiger partial charge in [-0.3, -0.25) is 4.79 Å². The van der Waals surface area contributed by atoms with Crippen molar-refractivity contribution in [1.82, 2.24) is 0 Å². The topological polar surface area (TPSA) is 57.2 Å². The molecular weight excluding hydrogens is 276 g/mol. The molecule has 4 aliphatic rings. The summed E-state index contributed by atoms with van der Waals surface area (Å²) < 4.78 is 0. The van der Waals surface area contributed by atoms with E-state index < -0.39 is 6.10 Å². The second-order valence-corrected chi connectivity index (χ2v) is 8.72. The smallest absolute Gasteiger partial charge is 0.155 e. The summed E-state index contributed by atoms with van der Waals surface area (Å²) in [4.78, 5) is 11.8. The van der Waals surface area contributed by atoms with Crippen LogP contribution in [0.5, 0.6) is 0 Å². The summed E-state index contributed by atoms with van der Waals surface area (Å²) >= 11 is 0. The molecule has 7 atom stereocenters. The first-order valence-electron chi connectivity index (χ1n) is 8.95. The minimum Gasteiger partial charge on any atom is -0.393 e. The first-order valence-corrected chi connectivity index (χ1v) is 8.95. The molecule has 0 heterocycles. The summed E-state index contributed by atoms with van der Waals surface area (Å²) in [6.07, 6.45) is 7.04. The quantitative estimate of drug-likeness (QED) is 0.746. The minimum absolute atomic E-state index is 0.0168. The molecule has 3 saturated carbocycles. The highest BCUT2D eigenvalue weighted by Gasteiger charge is 2.60. The average molecular weight is 303 g/mol. The van der Waals surface area contributed by atoms with Crippen molar-refractivity contribution >= 4 is 5.78 Å². The summed E-state index contributed by atoms with van der Waals surface area (Å²) in [6.45, 7) is 4.48. The molecular formula is C19H27O3. The maximum atomic E-state index is 12.8. The predicted octanol–water partition coefficient (Wildman–Crippen LogP) is 3.29. The van der Waals surface area contributed by atoms with Gasteiger partial charge in [0.15, 0.2) is 5.78 Å². The highest BCUT2D eigenvalue weighted by Crippen LogP contribution is 2.65. The van der Waals surface area contributed by atoms with Gasteiger partial charge >= 0.3 is 0 Å². The molecule has 0 saturated heterocycles. The summed E-state index contributed by atoms with van der Waals surface area (Å²) in [5.74, 6) is 1.60. The molecule has 0 aromatic heterocycles. The van der Waals surface area contributed by atoms with E-state index in [9.17, 15) is 15.0 Å². The Balaban J connectivity index is 1.73. The maximum absolute atomic E-state index is 12.8. The Morgan fingerprint density at radius 2 is 1.91 bits per heavy atom. The van der Waals surface area contributed by atoms with E-state index in [0.29, 0.717) is 30.6 Å². The first-order chi connectivity index (χ1) is 10.4. The first kappa shape index (κ1) is 14.9. The van der Waals surface area contributed by atoms with E-state index >= 15 is 0 Å². The fourth-order valence-corrected chi connectivity index (χ4v) is 6.55. The number of rotatable bonds is 0. The van der Waals surface area contributed by atoms with Crippen LogP contribution < -0.4 is 0 Å². The van der Waals surface area contributed by atoms with Crippen LogP contribution in [0.25, 0.3) is 0 Å². The van der Waals surface area contributed by atoms with E-state index in [-0.39, 0.29) is 22.7 Å². The number of carbonyl (C=O) groups excluding carboxylic acids is 1. The fourth-order valence-electron chi connectivity index (χ4n) is 6.55. The summed E-state index contributed by atoms with van der Waals surface area (Å²) in [7, 11) is 0. The molecule has 0 aromatic rings. The van der Waals surface area contributed by atoms with Crippen LogP contribution in [0, 0.1) is 28.6 Å². The van der Waals surface area contributed by atoms with Crippen molar-refractivity contribution in [2.45, 2.75) is 71.0 Å². The highest BCUT2D eigenvalue weighted by atomic mass is 16.3. The van der Waals surface area contributed by atoms with Gasteiger partial charge in [0.05, 0.1) is 6.10 Å². The number of aliphatic hydroxyl groups excluding tert-OH is 1. The third kappa shape index (κ3) is 1.78. The van der Waals surface area contributed by atoms with Gasteiger partial charge in [0.2, 0.25) is 0 Å². The average Bonchev–Trinajstić information content (AvgIpc) is 2.77. The second-order valence-electron chi connectivity index (χ2n) is 8.72. The molecule has 0 aliphatic heterocycles. The Labute approximate surface area is 132 Å². The molecule has 4 aliphatic carbocycles. The van der Waals surface area contributed by atoms with Gasteiger partial charge in [-0.15, -0.1) is 0 Å². The third-order valence-electron chi connectivity index (χ3n) is 7.91. The van der Waals surface area contributed by atoms with E-state index in [1.54, 1.807) is 6.08 Å². The van der Waals surface area contributed by atoms with Crippen molar-refractivity contribution in [1.29, 1.82) is 0 Å². The number of hydrogen-bond donors (Lipinski definition) is 1. The van der Waals surface area contributed by atoms with Crippen LogP contribution in [0.2, 0.25) is 0 Å². The van der Waals surface area contributed by atoms with Gasteiger partial charge in [0.1, 0.15) is 6.10 Å². The van der Waals surface area contributed by atoms with Gasteiger partial charge in [-0.2, -0.15) is 0 Å². The SMILES string of the molecule is C[C@]12CC[C@H]3[C@@H](C[C@@H]([O])C4=CC(=O)CC[C@@]43C)[C@@H]1CC[C@@H]2O. The number of aliphatic hydroxyl groups is 1. The molecule has 3 heteroatoms. The molecule has 3 fully saturated rings. The lowest BCUT2D eigenvalue weighted by molar-refractivity contribution is -0.122. The molecule has 3 nitrogen and oxygen atoms in total. The molecule has 0 aromatic carbocycles. The van der Waals surface area contributed by atoms with Crippen LogP contribution in [-0.2, 0) is 9.90 Å². The van der Waals surface area contributed by atoms with E-state index in [4.69, 9.17) is 0 Å². The Morgan fingerprint density at radius 3 is 2.68 bits per heavy atom. The second kappa shape index (κ2) is 4.67. The van der Waals surface area contributed by atoms with Crippen molar-refractivity contribution in [2.24, 2.45) is 28.6 Å². The van der Waals surface area contributed by atoms with Gasteiger partial charge < -0.3 is 5.11 Å². The largest absolute Gasteiger partial charge is 0.393 e. The summed E-state index contributed by atoms with van der Waals surface area (Å²) in [5, 5.41) is 23.2. The van der Waals surface area contributed by atoms with Crippen LogP contribution >= 0.6 is 0 Å².